The topological polar surface area (TPSA) is 117 Å². The summed E-state index contributed by atoms with van der Waals surface area (Å²) in [4.78, 5) is 3.04. The molecule has 0 aromatic carbocycles. The summed E-state index contributed by atoms with van der Waals surface area (Å²) in [5, 5.41) is 52.8. The number of nitrogens with zero attached hydrogens (tertiary/aromatic N) is 2. The van der Waals surface area contributed by atoms with Crippen LogP contribution in [0.15, 0.2) is 12.1 Å². The molecule has 0 bridgehead atoms. The summed E-state index contributed by atoms with van der Waals surface area (Å²) in [5.74, 6) is 0. The van der Waals surface area contributed by atoms with Gasteiger partial charge in [0.15, 0.2) is 0 Å². The minimum absolute atomic E-state index is 0.173. The maximum atomic E-state index is 12.9. The smallest absolute Gasteiger partial charge is 0.210 e. The van der Waals surface area contributed by atoms with Gasteiger partial charge in [0.05, 0.1) is 11.4 Å². The largest absolute Gasteiger partial charge is 0.632 e. The molecule has 0 aliphatic carbocycles. The molecule has 0 saturated carbocycles. The second kappa shape index (κ2) is 5.74. The minimum atomic E-state index is -0.971. The molecular weight excluding hydrogens is 350 g/mol. The number of hydrogen-bond acceptors (Lipinski definition) is 4. The number of aromatic nitrogens is 1. The van der Waals surface area contributed by atoms with Crippen LogP contribution in [0.3, 0.4) is 0 Å². The highest BCUT2D eigenvalue weighted by atomic mass is 16.6. The van der Waals surface area contributed by atoms with Crippen LogP contribution >= 0.6 is 0 Å². The first-order valence-electron chi connectivity index (χ1n) is 9.30. The van der Waals surface area contributed by atoms with E-state index in [-0.39, 0.29) is 10.1 Å². The molecule has 1 aromatic heterocycles. The molecule has 152 valence electrons. The van der Waals surface area contributed by atoms with Crippen molar-refractivity contribution in [3.8, 4) is 0 Å². The number of H-pyrrole nitrogens is 1. The van der Waals surface area contributed by atoms with Crippen LogP contribution in [0, 0.1) is 10.4 Å². The van der Waals surface area contributed by atoms with Crippen LogP contribution in [0.4, 0.5) is 0 Å². The zero-order valence-electron chi connectivity index (χ0n) is 17.3. The van der Waals surface area contributed by atoms with Gasteiger partial charge in [0.1, 0.15) is 22.2 Å². The van der Waals surface area contributed by atoms with E-state index in [9.17, 15) is 20.8 Å². The van der Waals surface area contributed by atoms with Gasteiger partial charge in [-0.1, -0.05) is 10.1 Å². The number of aromatic amines is 1. The third-order valence-electron chi connectivity index (χ3n) is 7.68. The van der Waals surface area contributed by atoms with Gasteiger partial charge in [-0.05, 0) is 67.5 Å². The average Bonchev–Trinajstić information content (AvgIpc) is 3.09. The van der Waals surface area contributed by atoms with Crippen LogP contribution in [-0.2, 0) is 10.4 Å². The van der Waals surface area contributed by atoms with Crippen molar-refractivity contribution >= 4 is 0 Å². The molecule has 2 aliphatic heterocycles. The highest BCUT2D eigenvalue weighted by molar-refractivity contribution is 5.20. The lowest BCUT2D eigenvalue weighted by molar-refractivity contribution is -0.927. The lowest BCUT2D eigenvalue weighted by atomic mass is 9.84. The van der Waals surface area contributed by atoms with Crippen molar-refractivity contribution < 1.29 is 20.5 Å². The average molecular weight is 381 g/mol. The molecule has 27 heavy (non-hydrogen) atoms. The number of hydrogen-bond donors (Lipinski definition) is 3. The molecule has 0 amide bonds. The Balaban J connectivity index is 1.97. The van der Waals surface area contributed by atoms with Gasteiger partial charge in [-0.2, -0.15) is 0 Å². The fourth-order valence-electron chi connectivity index (χ4n) is 3.98. The van der Waals surface area contributed by atoms with Gasteiger partial charge < -0.3 is 25.5 Å². The van der Waals surface area contributed by atoms with Crippen molar-refractivity contribution in [2.45, 2.75) is 89.9 Å². The molecule has 3 rings (SSSR count). The third-order valence-corrected chi connectivity index (χ3v) is 7.68. The minimum Gasteiger partial charge on any atom is -0.632 e. The lowest BCUT2D eigenvalue weighted by Crippen LogP contribution is -3.14. The van der Waals surface area contributed by atoms with E-state index in [2.05, 4.69) is 4.98 Å². The predicted molar refractivity (Wildman–Crippen MR) is 96.3 cm³/mol. The predicted octanol–water partition coefficient (Wildman–Crippen LogP) is 0.214. The van der Waals surface area contributed by atoms with Gasteiger partial charge >= 0.3 is 0 Å². The van der Waals surface area contributed by atoms with E-state index in [0.29, 0.717) is 11.4 Å². The Morgan fingerprint density at radius 1 is 0.778 bits per heavy atom. The Morgan fingerprint density at radius 3 is 1.30 bits per heavy atom. The van der Waals surface area contributed by atoms with Crippen LogP contribution < -0.4 is 10.1 Å². The molecule has 2 aliphatic rings. The van der Waals surface area contributed by atoms with E-state index in [1.807, 2.05) is 0 Å². The number of nitrogens with one attached hydrogen (secondary N) is 3. The molecule has 2 fully saturated rings. The van der Waals surface area contributed by atoms with Crippen molar-refractivity contribution in [2.75, 3.05) is 0 Å². The van der Waals surface area contributed by atoms with Gasteiger partial charge in [0.2, 0.25) is 12.3 Å². The molecule has 3 heterocycles. The molecular formula is C18H31N5O4. The summed E-state index contributed by atoms with van der Waals surface area (Å²) >= 11 is 0. The quantitative estimate of drug-likeness (QED) is 0.635. The second-order valence-corrected chi connectivity index (χ2v) is 9.92. The first-order chi connectivity index (χ1) is 12.1. The van der Waals surface area contributed by atoms with Crippen LogP contribution in [0.2, 0.25) is 0 Å². The molecule has 2 radical (unpaired) electrons. The third kappa shape index (κ3) is 2.41. The van der Waals surface area contributed by atoms with Crippen molar-refractivity contribution in [3.05, 3.63) is 33.9 Å². The van der Waals surface area contributed by atoms with Crippen LogP contribution in [0.25, 0.3) is 0 Å². The van der Waals surface area contributed by atoms with Crippen molar-refractivity contribution in [1.82, 2.24) is 15.1 Å². The fourth-order valence-corrected chi connectivity index (χ4v) is 3.98. The molecule has 4 atom stereocenters. The standard InChI is InChI=1S/C18H31N5O4/c1-15(2)16(3,4)21(25)13(20(15)24)11-9-10-12(19-11)14-22(26)17(5,6)18(7,8)23(14)27/h9-10,13-14,19-20,22H,1-8H3. The van der Waals surface area contributed by atoms with E-state index in [1.54, 1.807) is 67.5 Å². The summed E-state index contributed by atoms with van der Waals surface area (Å²) < 4.78 is 0. The summed E-state index contributed by atoms with van der Waals surface area (Å²) in [5.41, 5.74) is -2.51. The molecule has 2 saturated heterocycles. The zero-order chi connectivity index (χ0) is 20.7. The van der Waals surface area contributed by atoms with E-state index < -0.39 is 34.5 Å². The maximum absolute atomic E-state index is 12.9. The highest BCUT2D eigenvalue weighted by Gasteiger charge is 2.62. The molecule has 4 unspecified atom stereocenters. The van der Waals surface area contributed by atoms with Gasteiger partial charge in [-0.3, -0.25) is 0 Å². The Bertz CT molecular complexity index is 631. The van der Waals surface area contributed by atoms with Crippen molar-refractivity contribution in [3.63, 3.8) is 0 Å². The monoisotopic (exact) mass is 381 g/mol. The van der Waals surface area contributed by atoms with Gasteiger partial charge in [-0.25, -0.2) is 0 Å². The van der Waals surface area contributed by atoms with Crippen LogP contribution in [-0.4, -0.2) is 37.3 Å². The number of hydroxylamine groups is 8. The van der Waals surface area contributed by atoms with Gasteiger partial charge in [-0.15, -0.1) is 10.4 Å². The first-order valence-corrected chi connectivity index (χ1v) is 9.30. The van der Waals surface area contributed by atoms with E-state index in [4.69, 9.17) is 0 Å². The normalized spacial score (nSPS) is 37.8. The van der Waals surface area contributed by atoms with E-state index >= 15 is 0 Å². The number of quaternary nitrogens is 2. The van der Waals surface area contributed by atoms with Gasteiger partial charge in [0.25, 0.3) is 0 Å². The summed E-state index contributed by atoms with van der Waals surface area (Å²) in [6.07, 6.45) is -1.94. The van der Waals surface area contributed by atoms with Crippen molar-refractivity contribution in [1.29, 1.82) is 0 Å². The van der Waals surface area contributed by atoms with E-state index in [0.717, 1.165) is 10.1 Å². The Labute approximate surface area is 160 Å². The maximum Gasteiger partial charge on any atom is 0.210 e. The van der Waals surface area contributed by atoms with Gasteiger partial charge in [0, 0.05) is 0 Å². The SMILES string of the molecule is CC1(C)N([O])C(c2ccc(C3N([O])C(C)(C)C(C)(C)[NH+]3[O-])[nH]2)[NH+]([O-])C1(C)C. The summed E-state index contributed by atoms with van der Waals surface area (Å²) in [7, 11) is 0. The van der Waals surface area contributed by atoms with Crippen molar-refractivity contribution in [2.24, 2.45) is 0 Å². The number of rotatable bonds is 2. The molecule has 3 N–H and O–H groups in total. The zero-order valence-corrected chi connectivity index (χ0v) is 17.3. The molecule has 0 spiro atoms. The van der Waals surface area contributed by atoms with Crippen LogP contribution in [0.5, 0.6) is 0 Å². The Hall–Kier alpha value is -1.04. The molecule has 9 heteroatoms. The molecule has 9 nitrogen and oxygen atoms in total. The summed E-state index contributed by atoms with van der Waals surface area (Å²) in [6.45, 7) is 14.1. The fraction of sp³-hybridized carbons (Fsp3) is 0.778. The first kappa shape index (κ1) is 20.7. The highest BCUT2D eigenvalue weighted by Crippen LogP contribution is 2.39. The van der Waals surface area contributed by atoms with E-state index in [1.165, 1.54) is 0 Å². The lowest BCUT2D eigenvalue weighted by Gasteiger charge is -2.39. The van der Waals surface area contributed by atoms with Crippen LogP contribution in [0.1, 0.15) is 79.1 Å². The summed E-state index contributed by atoms with van der Waals surface area (Å²) in [6, 6.07) is 3.28. The second-order valence-electron chi connectivity index (χ2n) is 9.92. The Kier molecular flexibility index (Phi) is 4.40. The molecule has 1 aromatic rings. The Morgan fingerprint density at radius 2 is 1.07 bits per heavy atom.